The zero-order valence-electron chi connectivity index (χ0n) is 9.31. The third-order valence-electron chi connectivity index (χ3n) is 2.91. The predicted molar refractivity (Wildman–Crippen MR) is 58.1 cm³/mol. The van der Waals surface area contributed by atoms with Gasteiger partial charge in [0.15, 0.2) is 0 Å². The zero-order valence-corrected chi connectivity index (χ0v) is 9.31. The molecule has 0 aliphatic heterocycles. The van der Waals surface area contributed by atoms with E-state index in [9.17, 15) is 4.79 Å². The van der Waals surface area contributed by atoms with E-state index in [1.165, 1.54) is 19.3 Å². The van der Waals surface area contributed by atoms with E-state index in [0.29, 0.717) is 0 Å². The van der Waals surface area contributed by atoms with Crippen molar-refractivity contribution in [3.05, 3.63) is 0 Å². The number of hydrogen-bond acceptors (Lipinski definition) is 2. The Bertz CT molecular complexity index is 182. The molecule has 3 heteroatoms. The van der Waals surface area contributed by atoms with Crippen LogP contribution in [-0.4, -0.2) is 25.5 Å². The van der Waals surface area contributed by atoms with Crippen molar-refractivity contribution in [3.63, 3.8) is 0 Å². The van der Waals surface area contributed by atoms with Crippen LogP contribution in [0.4, 0.5) is 0 Å². The van der Waals surface area contributed by atoms with Crippen LogP contribution in [0.3, 0.4) is 0 Å². The van der Waals surface area contributed by atoms with Gasteiger partial charge in [-0.1, -0.05) is 13.3 Å². The molecule has 0 saturated heterocycles. The van der Waals surface area contributed by atoms with Crippen LogP contribution in [0, 0.1) is 11.8 Å². The molecule has 0 heterocycles. The minimum atomic E-state index is 0.0567. The summed E-state index contributed by atoms with van der Waals surface area (Å²) in [5.74, 6) is 1.83. The summed E-state index contributed by atoms with van der Waals surface area (Å²) in [7, 11) is 0. The minimum absolute atomic E-state index is 0.0567. The van der Waals surface area contributed by atoms with Crippen molar-refractivity contribution < 1.29 is 4.79 Å². The highest BCUT2D eigenvalue weighted by molar-refractivity contribution is 5.72. The molecule has 1 aliphatic rings. The highest BCUT2D eigenvalue weighted by Gasteiger charge is 2.20. The standard InChI is InChI=1S/C11H22N2O/c1-9-3-4-11(7-9)8-12-5-6-13-10(2)14/h9,11-12H,3-8H2,1-2H3,(H,13,14). The summed E-state index contributed by atoms with van der Waals surface area (Å²) >= 11 is 0. The van der Waals surface area contributed by atoms with Gasteiger partial charge in [0.2, 0.25) is 5.91 Å². The van der Waals surface area contributed by atoms with Crippen molar-refractivity contribution in [1.82, 2.24) is 10.6 Å². The average Bonchev–Trinajstić information content (AvgIpc) is 2.50. The zero-order chi connectivity index (χ0) is 10.4. The first kappa shape index (κ1) is 11.5. The van der Waals surface area contributed by atoms with Gasteiger partial charge < -0.3 is 10.6 Å². The quantitative estimate of drug-likeness (QED) is 0.651. The van der Waals surface area contributed by atoms with Gasteiger partial charge >= 0.3 is 0 Å². The van der Waals surface area contributed by atoms with E-state index >= 15 is 0 Å². The van der Waals surface area contributed by atoms with E-state index in [2.05, 4.69) is 17.6 Å². The molecule has 0 bridgehead atoms. The molecule has 0 aromatic heterocycles. The molecule has 1 aliphatic carbocycles. The van der Waals surface area contributed by atoms with Crippen molar-refractivity contribution in [2.24, 2.45) is 11.8 Å². The molecule has 2 atom stereocenters. The van der Waals surface area contributed by atoms with Crippen LogP contribution < -0.4 is 10.6 Å². The van der Waals surface area contributed by atoms with Crippen LogP contribution >= 0.6 is 0 Å². The van der Waals surface area contributed by atoms with Crippen LogP contribution in [0.5, 0.6) is 0 Å². The SMILES string of the molecule is CC(=O)NCCNCC1CCC(C)C1. The van der Waals surface area contributed by atoms with Gasteiger partial charge in [0, 0.05) is 20.0 Å². The van der Waals surface area contributed by atoms with Crippen LogP contribution in [0.25, 0.3) is 0 Å². The van der Waals surface area contributed by atoms with Gasteiger partial charge in [-0.05, 0) is 31.2 Å². The maximum Gasteiger partial charge on any atom is 0.216 e. The third kappa shape index (κ3) is 4.61. The molecule has 0 aromatic rings. The first-order valence-corrected chi connectivity index (χ1v) is 5.63. The maximum absolute atomic E-state index is 10.6. The topological polar surface area (TPSA) is 41.1 Å². The van der Waals surface area contributed by atoms with Crippen LogP contribution in [0.15, 0.2) is 0 Å². The second-order valence-corrected chi connectivity index (χ2v) is 4.47. The van der Waals surface area contributed by atoms with Crippen LogP contribution in [0.1, 0.15) is 33.1 Å². The summed E-state index contributed by atoms with van der Waals surface area (Å²) in [6.07, 6.45) is 4.12. The number of carbonyl (C=O) groups excluding carboxylic acids is 1. The lowest BCUT2D eigenvalue weighted by atomic mass is 10.1. The molecule has 1 fully saturated rings. The van der Waals surface area contributed by atoms with E-state index in [1.807, 2.05) is 0 Å². The Hall–Kier alpha value is -0.570. The van der Waals surface area contributed by atoms with Crippen LogP contribution in [0.2, 0.25) is 0 Å². The molecule has 0 spiro atoms. The predicted octanol–water partition coefficient (Wildman–Crippen LogP) is 1.15. The second-order valence-electron chi connectivity index (χ2n) is 4.47. The number of hydrogen-bond donors (Lipinski definition) is 2. The first-order valence-electron chi connectivity index (χ1n) is 5.63. The summed E-state index contributed by atoms with van der Waals surface area (Å²) in [6.45, 7) is 6.64. The minimum Gasteiger partial charge on any atom is -0.355 e. The van der Waals surface area contributed by atoms with Gasteiger partial charge in [0.05, 0.1) is 0 Å². The van der Waals surface area contributed by atoms with E-state index in [4.69, 9.17) is 0 Å². The Balaban J connectivity index is 1.91. The molecule has 14 heavy (non-hydrogen) atoms. The Kier molecular flexibility index (Phi) is 4.94. The third-order valence-corrected chi connectivity index (χ3v) is 2.91. The highest BCUT2D eigenvalue weighted by atomic mass is 16.1. The summed E-state index contributed by atoms with van der Waals surface area (Å²) in [4.78, 5) is 10.6. The lowest BCUT2D eigenvalue weighted by Crippen LogP contribution is -2.32. The Morgan fingerprint density at radius 1 is 1.36 bits per heavy atom. The van der Waals surface area contributed by atoms with Gasteiger partial charge in [-0.3, -0.25) is 4.79 Å². The molecule has 3 nitrogen and oxygen atoms in total. The lowest BCUT2D eigenvalue weighted by molar-refractivity contribution is -0.118. The summed E-state index contributed by atoms with van der Waals surface area (Å²) in [5, 5.41) is 6.17. The molecular weight excluding hydrogens is 176 g/mol. The molecule has 1 saturated carbocycles. The molecule has 1 rings (SSSR count). The first-order chi connectivity index (χ1) is 6.68. The van der Waals surface area contributed by atoms with Crippen molar-refractivity contribution in [3.8, 4) is 0 Å². The van der Waals surface area contributed by atoms with E-state index < -0.39 is 0 Å². The highest BCUT2D eigenvalue weighted by Crippen LogP contribution is 2.29. The number of carbonyl (C=O) groups is 1. The number of amides is 1. The van der Waals surface area contributed by atoms with E-state index in [0.717, 1.165) is 31.5 Å². The van der Waals surface area contributed by atoms with Gasteiger partial charge in [-0.25, -0.2) is 0 Å². The Morgan fingerprint density at radius 2 is 2.14 bits per heavy atom. The van der Waals surface area contributed by atoms with Gasteiger partial charge in [-0.15, -0.1) is 0 Å². The molecule has 2 N–H and O–H groups in total. The summed E-state index contributed by atoms with van der Waals surface area (Å²) in [6, 6.07) is 0. The average molecular weight is 198 g/mol. The van der Waals surface area contributed by atoms with Crippen molar-refractivity contribution in [1.29, 1.82) is 0 Å². The summed E-state index contributed by atoms with van der Waals surface area (Å²) in [5.41, 5.74) is 0. The smallest absolute Gasteiger partial charge is 0.216 e. The van der Waals surface area contributed by atoms with Crippen molar-refractivity contribution in [2.45, 2.75) is 33.1 Å². The number of rotatable bonds is 5. The molecular formula is C11H22N2O. The Morgan fingerprint density at radius 3 is 2.71 bits per heavy atom. The molecule has 1 amide bonds. The Labute approximate surface area is 86.6 Å². The normalized spacial score (nSPS) is 26.4. The fourth-order valence-corrected chi connectivity index (χ4v) is 2.14. The second kappa shape index (κ2) is 6.02. The molecule has 0 aromatic carbocycles. The van der Waals surface area contributed by atoms with Crippen molar-refractivity contribution >= 4 is 5.91 Å². The molecule has 2 unspecified atom stereocenters. The maximum atomic E-state index is 10.6. The van der Waals surface area contributed by atoms with E-state index in [-0.39, 0.29) is 5.91 Å². The monoisotopic (exact) mass is 198 g/mol. The number of nitrogens with one attached hydrogen (secondary N) is 2. The fourth-order valence-electron chi connectivity index (χ4n) is 2.14. The largest absolute Gasteiger partial charge is 0.355 e. The van der Waals surface area contributed by atoms with Gasteiger partial charge in [0.1, 0.15) is 0 Å². The molecule has 82 valence electrons. The lowest BCUT2D eigenvalue weighted by Gasteiger charge is -2.10. The van der Waals surface area contributed by atoms with E-state index in [1.54, 1.807) is 6.92 Å². The van der Waals surface area contributed by atoms with Crippen molar-refractivity contribution in [2.75, 3.05) is 19.6 Å². The fraction of sp³-hybridized carbons (Fsp3) is 0.909. The molecule has 0 radical (unpaired) electrons. The summed E-state index contributed by atoms with van der Waals surface area (Å²) < 4.78 is 0. The van der Waals surface area contributed by atoms with Crippen LogP contribution in [-0.2, 0) is 4.79 Å². The van der Waals surface area contributed by atoms with Gasteiger partial charge in [-0.2, -0.15) is 0 Å². The van der Waals surface area contributed by atoms with Gasteiger partial charge in [0.25, 0.3) is 0 Å².